The molecule has 2 heterocycles. The number of hydrogen-bond acceptors (Lipinski definition) is 0. The first-order chi connectivity index (χ1) is 11.7. The third-order valence-electron chi connectivity index (χ3n) is 4.53. The van der Waals surface area contributed by atoms with Crippen molar-refractivity contribution in [3.05, 3.63) is 78.6 Å². The van der Waals surface area contributed by atoms with Crippen molar-refractivity contribution < 1.29 is 4.57 Å². The van der Waals surface area contributed by atoms with Crippen molar-refractivity contribution in [3.8, 4) is 0 Å². The van der Waals surface area contributed by atoms with Crippen LogP contribution in [0, 0.1) is 5.92 Å². The summed E-state index contributed by atoms with van der Waals surface area (Å²) in [6.45, 7) is 6.50. The third kappa shape index (κ3) is 2.69. The summed E-state index contributed by atoms with van der Waals surface area (Å²) in [7, 11) is 0. The van der Waals surface area contributed by atoms with E-state index in [2.05, 4.69) is 96.0 Å². The first-order valence-corrected chi connectivity index (χ1v) is 8.66. The van der Waals surface area contributed by atoms with Gasteiger partial charge in [0.25, 0.3) is 0 Å². The van der Waals surface area contributed by atoms with E-state index < -0.39 is 0 Å². The average Bonchev–Trinajstić information content (AvgIpc) is 2.89. The van der Waals surface area contributed by atoms with Gasteiger partial charge in [-0.2, -0.15) is 4.57 Å². The van der Waals surface area contributed by atoms with Crippen molar-refractivity contribution in [1.82, 2.24) is 4.57 Å². The van der Waals surface area contributed by atoms with Crippen molar-refractivity contribution in [2.45, 2.75) is 26.9 Å². The molecule has 0 amide bonds. The topological polar surface area (TPSA) is 8.81 Å². The Morgan fingerprint density at radius 3 is 2.33 bits per heavy atom. The number of rotatable bonds is 4. The van der Waals surface area contributed by atoms with Crippen LogP contribution in [-0.4, -0.2) is 4.57 Å². The Balaban J connectivity index is 1.87. The zero-order chi connectivity index (χ0) is 16.5. The van der Waals surface area contributed by atoms with Crippen LogP contribution in [0.4, 0.5) is 0 Å². The molecular formula is C22H23N2+. The summed E-state index contributed by atoms with van der Waals surface area (Å²) < 4.78 is 4.75. The number of benzene rings is 2. The lowest BCUT2D eigenvalue weighted by Crippen LogP contribution is -2.33. The molecule has 0 fully saturated rings. The first-order valence-electron chi connectivity index (χ1n) is 8.66. The van der Waals surface area contributed by atoms with E-state index >= 15 is 0 Å². The number of hydrogen-bond donors (Lipinski definition) is 0. The molecule has 0 aliphatic rings. The van der Waals surface area contributed by atoms with Crippen molar-refractivity contribution >= 4 is 21.8 Å². The molecule has 0 spiro atoms. The highest BCUT2D eigenvalue weighted by Gasteiger charge is 2.15. The Hall–Kier alpha value is -2.61. The second-order valence-electron chi connectivity index (χ2n) is 6.92. The summed E-state index contributed by atoms with van der Waals surface area (Å²) in [6, 6.07) is 21.6. The van der Waals surface area contributed by atoms with Crippen molar-refractivity contribution in [3.63, 3.8) is 0 Å². The Bertz CT molecular complexity index is 981. The predicted molar refractivity (Wildman–Crippen MR) is 100 cm³/mol. The number of nitrogens with zero attached hydrogens (tertiary/aromatic N) is 2. The second-order valence-corrected chi connectivity index (χ2v) is 6.92. The minimum absolute atomic E-state index is 0.617. The van der Waals surface area contributed by atoms with Gasteiger partial charge >= 0.3 is 0 Å². The summed E-state index contributed by atoms with van der Waals surface area (Å²) in [5, 5.41) is 2.69. The van der Waals surface area contributed by atoms with Crippen molar-refractivity contribution in [1.29, 1.82) is 0 Å². The van der Waals surface area contributed by atoms with Crippen LogP contribution in [0.25, 0.3) is 21.8 Å². The lowest BCUT2D eigenvalue weighted by molar-refractivity contribution is -0.687. The average molecular weight is 315 g/mol. The van der Waals surface area contributed by atoms with Crippen molar-refractivity contribution in [2.75, 3.05) is 0 Å². The molecule has 4 aromatic rings. The van der Waals surface area contributed by atoms with Gasteiger partial charge in [-0.25, -0.2) is 0 Å². The van der Waals surface area contributed by atoms with E-state index in [4.69, 9.17) is 0 Å². The maximum absolute atomic E-state index is 2.47. The lowest BCUT2D eigenvalue weighted by atomic mass is 10.2. The van der Waals surface area contributed by atoms with Gasteiger partial charge in [-0.3, -0.25) is 0 Å². The molecule has 2 aromatic carbocycles. The molecule has 0 saturated carbocycles. The summed E-state index contributed by atoms with van der Waals surface area (Å²) >= 11 is 0. The number of aromatic nitrogens is 2. The summed E-state index contributed by atoms with van der Waals surface area (Å²) in [4.78, 5) is 0. The molecule has 0 unspecified atom stereocenters. The van der Waals surface area contributed by atoms with E-state index in [1.807, 2.05) is 0 Å². The largest absolute Gasteiger partial charge is 0.335 e. The van der Waals surface area contributed by atoms with Gasteiger partial charge < -0.3 is 4.57 Å². The molecule has 0 bridgehead atoms. The zero-order valence-corrected chi connectivity index (χ0v) is 14.3. The smallest absolute Gasteiger partial charge is 0.193 e. The fourth-order valence-electron chi connectivity index (χ4n) is 3.49. The van der Waals surface area contributed by atoms with E-state index in [0.717, 1.165) is 13.1 Å². The summed E-state index contributed by atoms with van der Waals surface area (Å²) in [5.41, 5.74) is 3.98. The Morgan fingerprint density at radius 2 is 1.54 bits per heavy atom. The molecule has 24 heavy (non-hydrogen) atoms. The van der Waals surface area contributed by atoms with E-state index in [9.17, 15) is 0 Å². The Labute approximate surface area is 143 Å². The lowest BCUT2D eigenvalue weighted by Gasteiger charge is -2.09. The summed E-state index contributed by atoms with van der Waals surface area (Å²) in [5.74, 6) is 0.617. The Kier molecular flexibility index (Phi) is 3.81. The monoisotopic (exact) mass is 315 g/mol. The Morgan fingerprint density at radius 1 is 0.833 bits per heavy atom. The maximum Gasteiger partial charge on any atom is 0.193 e. The normalized spacial score (nSPS) is 11.6. The number of fused-ring (bicyclic) bond motifs is 3. The maximum atomic E-state index is 2.47. The van der Waals surface area contributed by atoms with Crippen molar-refractivity contribution in [2.24, 2.45) is 5.92 Å². The van der Waals surface area contributed by atoms with Crippen LogP contribution < -0.4 is 4.57 Å². The van der Waals surface area contributed by atoms with E-state index in [1.165, 1.54) is 27.4 Å². The highest BCUT2D eigenvalue weighted by atomic mass is 15.0. The van der Waals surface area contributed by atoms with Crippen LogP contribution in [0.15, 0.2) is 73.1 Å². The van der Waals surface area contributed by atoms with E-state index in [1.54, 1.807) is 0 Å². The van der Waals surface area contributed by atoms with Crippen LogP contribution >= 0.6 is 0 Å². The predicted octanol–water partition coefficient (Wildman–Crippen LogP) is 4.79. The minimum Gasteiger partial charge on any atom is -0.335 e. The summed E-state index contributed by atoms with van der Waals surface area (Å²) in [6.07, 6.45) is 4.49. The molecule has 0 saturated heterocycles. The molecule has 0 atom stereocenters. The van der Waals surface area contributed by atoms with Gasteiger partial charge in [0, 0.05) is 34.5 Å². The number of pyridine rings is 1. The highest BCUT2D eigenvalue weighted by molar-refractivity contribution is 6.07. The first kappa shape index (κ1) is 14.9. The van der Waals surface area contributed by atoms with E-state index in [0.29, 0.717) is 5.92 Å². The molecule has 0 aliphatic heterocycles. The number of para-hydroxylation sites is 1. The van der Waals surface area contributed by atoms with Crippen LogP contribution in [0.1, 0.15) is 19.4 Å². The van der Waals surface area contributed by atoms with Gasteiger partial charge in [0.05, 0.1) is 0 Å². The van der Waals surface area contributed by atoms with Gasteiger partial charge in [0.2, 0.25) is 0 Å². The van der Waals surface area contributed by atoms with Crippen LogP contribution in [0.2, 0.25) is 0 Å². The molecule has 2 heteroatoms. The molecule has 4 rings (SSSR count). The fourth-order valence-corrected chi connectivity index (χ4v) is 3.49. The molecule has 2 nitrogen and oxygen atoms in total. The molecule has 2 aromatic heterocycles. The molecule has 120 valence electrons. The van der Waals surface area contributed by atoms with Crippen LogP contribution in [0.3, 0.4) is 0 Å². The van der Waals surface area contributed by atoms with Gasteiger partial charge in [-0.15, -0.1) is 0 Å². The minimum atomic E-state index is 0.617. The van der Waals surface area contributed by atoms with Gasteiger partial charge in [-0.1, -0.05) is 62.4 Å². The van der Waals surface area contributed by atoms with Gasteiger partial charge in [-0.05, 0) is 12.0 Å². The zero-order valence-electron chi connectivity index (χ0n) is 14.3. The SMILES string of the molecule is CC(C)Cn1c2ccccc2c2cc[n+](Cc3ccccc3)cc21. The van der Waals surface area contributed by atoms with Gasteiger partial charge in [0.15, 0.2) is 18.9 Å². The second kappa shape index (κ2) is 6.12. The molecular weight excluding hydrogens is 292 g/mol. The standard InChI is InChI=1S/C22H23N2/c1-17(2)14-24-21-11-7-6-10-19(21)20-12-13-23(16-22(20)24)15-18-8-4-3-5-9-18/h3-13,16-17H,14-15H2,1-2H3/q+1. The quantitative estimate of drug-likeness (QED) is 0.479. The molecule has 0 N–H and O–H groups in total. The molecule has 0 radical (unpaired) electrons. The van der Waals surface area contributed by atoms with Crippen LogP contribution in [0.5, 0.6) is 0 Å². The third-order valence-corrected chi connectivity index (χ3v) is 4.53. The highest BCUT2D eigenvalue weighted by Crippen LogP contribution is 2.28. The fraction of sp³-hybridized carbons (Fsp3) is 0.227. The van der Waals surface area contributed by atoms with Crippen LogP contribution in [-0.2, 0) is 13.1 Å². The van der Waals surface area contributed by atoms with E-state index in [-0.39, 0.29) is 0 Å². The van der Waals surface area contributed by atoms with Gasteiger partial charge in [0.1, 0.15) is 5.52 Å². The molecule has 0 aliphatic carbocycles.